The van der Waals surface area contributed by atoms with Crippen LogP contribution in [0, 0.1) is 0 Å². The van der Waals surface area contributed by atoms with Crippen molar-refractivity contribution in [3.05, 3.63) is 34.0 Å². The average Bonchev–Trinajstić information content (AvgIpc) is 2.98. The van der Waals surface area contributed by atoms with Gasteiger partial charge < -0.3 is 5.32 Å². The summed E-state index contributed by atoms with van der Waals surface area (Å²) in [4.78, 5) is 7.13. The van der Waals surface area contributed by atoms with Gasteiger partial charge in [0.15, 0.2) is 0 Å². The third-order valence-corrected chi connectivity index (χ3v) is 4.36. The maximum Gasteiger partial charge on any atom is 0.138 e. The van der Waals surface area contributed by atoms with Gasteiger partial charge >= 0.3 is 0 Å². The van der Waals surface area contributed by atoms with Crippen molar-refractivity contribution < 1.29 is 0 Å². The predicted octanol–water partition coefficient (Wildman–Crippen LogP) is 2.33. The molecule has 18 heavy (non-hydrogen) atoms. The topological polar surface area (TPSA) is 42.7 Å². The Hall–Kier alpha value is -1.20. The van der Waals surface area contributed by atoms with Gasteiger partial charge in [-0.1, -0.05) is 13.8 Å². The van der Waals surface area contributed by atoms with Crippen LogP contribution < -0.4 is 5.32 Å². The Morgan fingerprint density at radius 2 is 2.22 bits per heavy atom. The number of hydrogen-bond acceptors (Lipinski definition) is 4. The molecule has 1 N–H and O–H groups in total. The molecule has 0 aliphatic rings. The monoisotopic (exact) mass is 264 g/mol. The number of aromatic nitrogens is 3. The molecule has 0 radical (unpaired) electrons. The molecule has 0 amide bonds. The summed E-state index contributed by atoms with van der Waals surface area (Å²) in [5.41, 5.74) is 0. The summed E-state index contributed by atoms with van der Waals surface area (Å²) in [6.45, 7) is 5.29. The molecule has 1 unspecified atom stereocenters. The van der Waals surface area contributed by atoms with Crippen LogP contribution in [0.5, 0.6) is 0 Å². The van der Waals surface area contributed by atoms with E-state index in [9.17, 15) is 0 Å². The molecule has 2 aromatic heterocycles. The number of nitrogens with zero attached hydrogens (tertiary/aromatic N) is 3. The predicted molar refractivity (Wildman–Crippen MR) is 74.8 cm³/mol. The minimum Gasteiger partial charge on any atom is -0.309 e. The van der Waals surface area contributed by atoms with Crippen LogP contribution in [0.4, 0.5) is 0 Å². The van der Waals surface area contributed by atoms with Gasteiger partial charge in [-0.25, -0.2) is 4.98 Å². The van der Waals surface area contributed by atoms with Crippen LogP contribution >= 0.6 is 11.3 Å². The average molecular weight is 264 g/mol. The second kappa shape index (κ2) is 6.11. The van der Waals surface area contributed by atoms with E-state index in [4.69, 9.17) is 0 Å². The zero-order valence-corrected chi connectivity index (χ0v) is 12.0. The zero-order chi connectivity index (χ0) is 13.0. The van der Waals surface area contributed by atoms with Crippen LogP contribution in [0.3, 0.4) is 0 Å². The molecule has 0 aliphatic heterocycles. The molecule has 2 heterocycles. The number of hydrogen-bond donors (Lipinski definition) is 1. The molecule has 0 aromatic carbocycles. The lowest BCUT2D eigenvalue weighted by Gasteiger charge is -2.15. The van der Waals surface area contributed by atoms with Crippen molar-refractivity contribution in [1.29, 1.82) is 0 Å². The van der Waals surface area contributed by atoms with Crippen molar-refractivity contribution in [3.63, 3.8) is 0 Å². The van der Waals surface area contributed by atoms with Crippen molar-refractivity contribution in [2.45, 2.75) is 32.7 Å². The van der Waals surface area contributed by atoms with Gasteiger partial charge in [-0.2, -0.15) is 5.10 Å². The number of thiophene rings is 1. The molecule has 5 heteroatoms. The van der Waals surface area contributed by atoms with Crippen molar-refractivity contribution in [3.8, 4) is 0 Å². The maximum atomic E-state index is 4.31. The van der Waals surface area contributed by atoms with Crippen LogP contribution in [-0.4, -0.2) is 21.3 Å². The summed E-state index contributed by atoms with van der Waals surface area (Å²) in [6.07, 6.45) is 3.60. The van der Waals surface area contributed by atoms with E-state index in [1.807, 2.05) is 23.1 Å². The van der Waals surface area contributed by atoms with Gasteiger partial charge in [0.25, 0.3) is 0 Å². The Morgan fingerprint density at radius 1 is 1.39 bits per heavy atom. The first-order valence-electron chi connectivity index (χ1n) is 6.39. The number of rotatable bonds is 6. The second-order valence-electron chi connectivity index (χ2n) is 4.27. The quantitative estimate of drug-likeness (QED) is 0.871. The molecule has 0 saturated heterocycles. The fraction of sp³-hybridized carbons (Fsp3) is 0.538. The van der Waals surface area contributed by atoms with E-state index in [2.05, 4.69) is 41.4 Å². The Labute approximate surface area is 112 Å². The Balaban J connectivity index is 2.15. The van der Waals surface area contributed by atoms with Crippen LogP contribution in [0.15, 0.2) is 18.5 Å². The van der Waals surface area contributed by atoms with Gasteiger partial charge in [0, 0.05) is 29.3 Å². The van der Waals surface area contributed by atoms with Crippen molar-refractivity contribution in [2.75, 3.05) is 6.54 Å². The lowest BCUT2D eigenvalue weighted by atomic mass is 10.1. The first-order chi connectivity index (χ1) is 8.74. The van der Waals surface area contributed by atoms with Crippen molar-refractivity contribution >= 4 is 11.3 Å². The third kappa shape index (κ3) is 2.97. The molecule has 2 rings (SSSR count). The molecule has 2 aromatic rings. The van der Waals surface area contributed by atoms with E-state index in [-0.39, 0.29) is 0 Å². The first kappa shape index (κ1) is 13.2. The summed E-state index contributed by atoms with van der Waals surface area (Å²) in [7, 11) is 1.94. The van der Waals surface area contributed by atoms with Crippen LogP contribution in [0.2, 0.25) is 0 Å². The zero-order valence-electron chi connectivity index (χ0n) is 11.2. The smallest absolute Gasteiger partial charge is 0.138 e. The number of likely N-dealkylation sites (N-methyl/N-ethyl adjacent to an activating group) is 1. The molecule has 0 bridgehead atoms. The van der Waals surface area contributed by atoms with E-state index in [0.717, 1.165) is 25.2 Å². The van der Waals surface area contributed by atoms with Crippen molar-refractivity contribution in [1.82, 2.24) is 20.1 Å². The standard InChI is InChI=1S/C13H20N4S/c1-4-10-6-7-12(18-10)11(14-5-2)8-13-15-9-16-17(13)3/h6-7,9,11,14H,4-5,8H2,1-3H3. The number of aryl methyl sites for hydroxylation is 2. The minimum absolute atomic E-state index is 0.336. The molecule has 0 spiro atoms. The highest BCUT2D eigenvalue weighted by molar-refractivity contribution is 7.12. The molecule has 1 atom stereocenters. The van der Waals surface area contributed by atoms with Gasteiger partial charge in [-0.3, -0.25) is 4.68 Å². The molecule has 4 nitrogen and oxygen atoms in total. The Morgan fingerprint density at radius 3 is 2.78 bits per heavy atom. The van der Waals surface area contributed by atoms with Gasteiger partial charge in [-0.05, 0) is 25.1 Å². The Bertz CT molecular complexity index is 489. The van der Waals surface area contributed by atoms with Crippen LogP contribution in [0.1, 0.15) is 35.5 Å². The molecule has 0 fully saturated rings. The van der Waals surface area contributed by atoms with Crippen molar-refractivity contribution in [2.24, 2.45) is 7.05 Å². The van der Waals surface area contributed by atoms with E-state index in [1.165, 1.54) is 9.75 Å². The Kier molecular flexibility index (Phi) is 4.49. The summed E-state index contributed by atoms with van der Waals surface area (Å²) in [6, 6.07) is 4.79. The van der Waals surface area contributed by atoms with E-state index >= 15 is 0 Å². The second-order valence-corrected chi connectivity index (χ2v) is 5.47. The highest BCUT2D eigenvalue weighted by Crippen LogP contribution is 2.25. The van der Waals surface area contributed by atoms with E-state index < -0.39 is 0 Å². The molecular weight excluding hydrogens is 244 g/mol. The van der Waals surface area contributed by atoms with Crippen LogP contribution in [0.25, 0.3) is 0 Å². The normalized spacial score (nSPS) is 12.8. The fourth-order valence-electron chi connectivity index (χ4n) is 1.98. The van der Waals surface area contributed by atoms with Gasteiger partial charge in [0.1, 0.15) is 12.2 Å². The van der Waals surface area contributed by atoms with Gasteiger partial charge in [0.05, 0.1) is 0 Å². The third-order valence-electron chi connectivity index (χ3n) is 3.02. The molecule has 0 aliphatic carbocycles. The maximum absolute atomic E-state index is 4.31. The minimum atomic E-state index is 0.336. The fourth-order valence-corrected chi connectivity index (χ4v) is 3.01. The lowest BCUT2D eigenvalue weighted by Crippen LogP contribution is -2.23. The molecular formula is C13H20N4S. The largest absolute Gasteiger partial charge is 0.309 e. The summed E-state index contributed by atoms with van der Waals surface area (Å²) >= 11 is 1.89. The highest BCUT2D eigenvalue weighted by atomic mass is 32.1. The summed E-state index contributed by atoms with van der Waals surface area (Å²) < 4.78 is 1.85. The summed E-state index contributed by atoms with van der Waals surface area (Å²) in [5.74, 6) is 1.02. The van der Waals surface area contributed by atoms with Crippen LogP contribution in [-0.2, 0) is 19.9 Å². The number of nitrogens with one attached hydrogen (secondary N) is 1. The summed E-state index contributed by atoms with van der Waals surface area (Å²) in [5, 5.41) is 7.66. The molecule has 0 saturated carbocycles. The highest BCUT2D eigenvalue weighted by Gasteiger charge is 2.15. The molecule has 98 valence electrons. The lowest BCUT2D eigenvalue weighted by molar-refractivity contribution is 0.529. The van der Waals surface area contributed by atoms with Gasteiger partial charge in [0.2, 0.25) is 0 Å². The van der Waals surface area contributed by atoms with Gasteiger partial charge in [-0.15, -0.1) is 11.3 Å². The van der Waals surface area contributed by atoms with E-state index in [1.54, 1.807) is 6.33 Å². The first-order valence-corrected chi connectivity index (χ1v) is 7.21. The van der Waals surface area contributed by atoms with E-state index in [0.29, 0.717) is 6.04 Å². The SMILES string of the molecule is CCNC(Cc1ncnn1C)c1ccc(CC)s1.